The number of esters is 1. The molecular formula is C33H30ClN3O9. The minimum atomic E-state index is -1.90. The minimum Gasteiger partial charge on any atom is -0.479 e. The van der Waals surface area contributed by atoms with E-state index < -0.39 is 41.8 Å². The molecule has 0 amide bonds. The normalized spacial score (nSPS) is 26.1. The summed E-state index contributed by atoms with van der Waals surface area (Å²) in [6.07, 6.45) is -0.363. The molecule has 0 bridgehead atoms. The average molecular weight is 648 g/mol. The Morgan fingerprint density at radius 3 is 2.39 bits per heavy atom. The highest BCUT2D eigenvalue weighted by atomic mass is 35.5. The Kier molecular flexibility index (Phi) is 8.62. The molecule has 238 valence electrons. The van der Waals surface area contributed by atoms with E-state index in [1.165, 1.54) is 30.6 Å². The van der Waals surface area contributed by atoms with Crippen LogP contribution in [0.5, 0.6) is 0 Å². The quantitative estimate of drug-likeness (QED) is 0.145. The van der Waals surface area contributed by atoms with Crippen LogP contribution in [0.1, 0.15) is 46.7 Å². The van der Waals surface area contributed by atoms with Crippen molar-refractivity contribution < 1.29 is 44.3 Å². The van der Waals surface area contributed by atoms with Gasteiger partial charge in [0.1, 0.15) is 18.5 Å². The maximum atomic E-state index is 13.4. The number of imidazole rings is 1. The number of hydrogen-bond acceptors (Lipinski definition) is 9. The smallest absolute Gasteiger partial charge is 0.336 e. The van der Waals surface area contributed by atoms with E-state index in [2.05, 4.69) is 9.97 Å². The number of nitrogens with zero attached hydrogens (tertiary/aromatic N) is 3. The summed E-state index contributed by atoms with van der Waals surface area (Å²) < 4.78 is 13.2. The molecule has 12 nitrogen and oxygen atoms in total. The predicted octanol–water partition coefficient (Wildman–Crippen LogP) is 3.74. The molecule has 2 aromatic carbocycles. The van der Waals surface area contributed by atoms with Gasteiger partial charge < -0.3 is 29.9 Å². The first-order chi connectivity index (χ1) is 22.0. The van der Waals surface area contributed by atoms with Crippen LogP contribution in [0.25, 0.3) is 16.9 Å². The Balaban J connectivity index is 1.23. The molecule has 2 aliphatic rings. The number of carboxylic acids is 2. The topological polar surface area (TPSA) is 181 Å². The second kappa shape index (κ2) is 12.6. The first-order valence-electron chi connectivity index (χ1n) is 14.6. The van der Waals surface area contributed by atoms with E-state index in [0.29, 0.717) is 21.7 Å². The fourth-order valence-electron chi connectivity index (χ4n) is 5.93. The van der Waals surface area contributed by atoms with Crippen molar-refractivity contribution in [1.29, 1.82) is 0 Å². The molecule has 6 rings (SSSR count). The first-order valence-corrected chi connectivity index (χ1v) is 15.0. The molecule has 2 saturated carbocycles. The van der Waals surface area contributed by atoms with Gasteiger partial charge in [0, 0.05) is 30.1 Å². The molecule has 46 heavy (non-hydrogen) atoms. The Bertz CT molecular complexity index is 1810. The second-order valence-electron chi connectivity index (χ2n) is 11.6. The number of halogens is 1. The SMILES string of the molecule is O=C(/C=C(/c1ccc(C(=O)O)cc1)n1cnc2ncccc21)O[C@@H]1C[C@](OC[C@@H]2C[C@@H]2c2ccc(Cl)cc2)(C(=O)O)C[C@@H](O)[C@H]1O. The lowest BCUT2D eigenvalue weighted by Gasteiger charge is -2.42. The molecule has 4 aromatic rings. The zero-order valence-electron chi connectivity index (χ0n) is 24.3. The molecule has 0 saturated heterocycles. The number of aromatic carboxylic acids is 1. The van der Waals surface area contributed by atoms with Gasteiger partial charge in [-0.2, -0.15) is 0 Å². The van der Waals surface area contributed by atoms with Gasteiger partial charge in [-0.25, -0.2) is 24.4 Å². The molecule has 0 aliphatic heterocycles. The third-order valence-electron chi connectivity index (χ3n) is 8.56. The highest BCUT2D eigenvalue weighted by Crippen LogP contribution is 2.49. The van der Waals surface area contributed by atoms with Crippen LogP contribution in [0.4, 0.5) is 0 Å². The Hall–Kier alpha value is -4.62. The van der Waals surface area contributed by atoms with Crippen LogP contribution in [0, 0.1) is 5.92 Å². The molecule has 0 unspecified atom stereocenters. The average Bonchev–Trinajstić information content (AvgIpc) is 3.70. The fraction of sp³-hybridized carbons (Fsp3) is 0.303. The molecule has 2 aromatic heterocycles. The third-order valence-corrected chi connectivity index (χ3v) is 8.81. The van der Waals surface area contributed by atoms with Gasteiger partial charge in [0.05, 0.1) is 29.5 Å². The third kappa shape index (κ3) is 6.38. The molecule has 2 fully saturated rings. The van der Waals surface area contributed by atoms with E-state index in [4.69, 9.17) is 21.1 Å². The van der Waals surface area contributed by atoms with Gasteiger partial charge >= 0.3 is 17.9 Å². The van der Waals surface area contributed by atoms with Crippen molar-refractivity contribution in [3.05, 3.63) is 101 Å². The Morgan fingerprint density at radius 1 is 0.978 bits per heavy atom. The van der Waals surface area contributed by atoms with Gasteiger partial charge in [0.25, 0.3) is 0 Å². The predicted molar refractivity (Wildman–Crippen MR) is 164 cm³/mol. The van der Waals surface area contributed by atoms with Crippen molar-refractivity contribution in [3.63, 3.8) is 0 Å². The lowest BCUT2D eigenvalue weighted by atomic mass is 9.79. The Morgan fingerprint density at radius 2 is 1.70 bits per heavy atom. The van der Waals surface area contributed by atoms with Gasteiger partial charge in [0.2, 0.25) is 0 Å². The van der Waals surface area contributed by atoms with Gasteiger partial charge in [-0.1, -0.05) is 35.9 Å². The number of aliphatic carboxylic acids is 1. The molecular weight excluding hydrogens is 618 g/mol. The maximum Gasteiger partial charge on any atom is 0.336 e. The number of aliphatic hydroxyl groups excluding tert-OH is 2. The van der Waals surface area contributed by atoms with Crippen LogP contribution in [0.2, 0.25) is 5.02 Å². The number of hydrogen-bond donors (Lipinski definition) is 4. The molecule has 2 aliphatic carbocycles. The van der Waals surface area contributed by atoms with E-state index in [1.54, 1.807) is 35.0 Å². The van der Waals surface area contributed by atoms with E-state index in [1.807, 2.05) is 12.1 Å². The van der Waals surface area contributed by atoms with Gasteiger partial charge in [-0.3, -0.25) is 4.57 Å². The summed E-state index contributed by atoms with van der Waals surface area (Å²) in [6, 6.07) is 16.6. The fourth-order valence-corrected chi connectivity index (χ4v) is 6.06. The number of carbonyl (C=O) groups excluding carboxylic acids is 1. The molecule has 0 radical (unpaired) electrons. The van der Waals surface area contributed by atoms with Crippen LogP contribution >= 0.6 is 11.6 Å². The molecule has 2 heterocycles. The number of aliphatic hydroxyl groups is 2. The maximum absolute atomic E-state index is 13.4. The molecule has 0 spiro atoms. The van der Waals surface area contributed by atoms with Crippen molar-refractivity contribution >= 4 is 46.4 Å². The summed E-state index contributed by atoms with van der Waals surface area (Å²) in [5.74, 6) is -3.16. The van der Waals surface area contributed by atoms with Gasteiger partial charge in [-0.15, -0.1) is 0 Å². The van der Waals surface area contributed by atoms with Gasteiger partial charge in [-0.05, 0) is 65.8 Å². The van der Waals surface area contributed by atoms with E-state index in [-0.39, 0.29) is 42.5 Å². The number of fused-ring (bicyclic) bond motifs is 1. The largest absolute Gasteiger partial charge is 0.479 e. The lowest BCUT2D eigenvalue weighted by molar-refractivity contribution is -0.207. The van der Waals surface area contributed by atoms with Crippen molar-refractivity contribution in [2.24, 2.45) is 5.92 Å². The first kappa shape index (κ1) is 31.4. The number of benzene rings is 2. The summed E-state index contributed by atoms with van der Waals surface area (Å²) in [7, 11) is 0. The molecule has 13 heteroatoms. The number of carbonyl (C=O) groups is 3. The van der Waals surface area contributed by atoms with Crippen LogP contribution in [0.15, 0.2) is 79.3 Å². The number of pyridine rings is 1. The van der Waals surface area contributed by atoms with Crippen molar-refractivity contribution in [3.8, 4) is 0 Å². The summed E-state index contributed by atoms with van der Waals surface area (Å²) in [4.78, 5) is 45.8. The number of carboxylic acid groups (broad SMARTS) is 2. The minimum absolute atomic E-state index is 0.0397. The van der Waals surface area contributed by atoms with E-state index in [9.17, 15) is 34.8 Å². The second-order valence-corrected chi connectivity index (χ2v) is 12.0. The zero-order chi connectivity index (χ0) is 32.6. The van der Waals surface area contributed by atoms with Crippen molar-refractivity contribution in [2.75, 3.05) is 6.61 Å². The van der Waals surface area contributed by atoms with E-state index in [0.717, 1.165) is 18.1 Å². The number of ether oxygens (including phenoxy) is 2. The zero-order valence-corrected chi connectivity index (χ0v) is 25.0. The lowest BCUT2D eigenvalue weighted by Crippen LogP contribution is -2.58. The highest BCUT2D eigenvalue weighted by Gasteiger charge is 2.53. The van der Waals surface area contributed by atoms with E-state index >= 15 is 0 Å². The monoisotopic (exact) mass is 647 g/mol. The van der Waals surface area contributed by atoms with Crippen molar-refractivity contribution in [2.45, 2.75) is 49.1 Å². The number of rotatable bonds is 10. The Labute approximate surface area is 267 Å². The van der Waals surface area contributed by atoms with Gasteiger partial charge in [0.15, 0.2) is 11.2 Å². The number of aromatic nitrogens is 3. The highest BCUT2D eigenvalue weighted by molar-refractivity contribution is 6.30. The van der Waals surface area contributed by atoms with Crippen LogP contribution in [-0.4, -0.2) is 83.4 Å². The molecule has 4 N–H and O–H groups in total. The summed E-state index contributed by atoms with van der Waals surface area (Å²) >= 11 is 5.99. The van der Waals surface area contributed by atoms with Crippen LogP contribution < -0.4 is 0 Å². The standard InChI is InChI=1S/C33H30ClN3O9/c34-22-9-7-18(8-10-22)23-12-21(23)16-45-33(32(43)44)14-26(38)29(40)27(15-33)46-28(39)13-25(19-3-5-20(6-4-19)31(41)42)37-17-36-30-24(37)2-1-11-35-30/h1-11,13,17,21,23,26-27,29,38,40H,12,14-16H2,(H,41,42)(H,43,44)/b25-13-/t21-,23+,26+,27+,29+,33-/m0/s1. The molecule has 6 atom stereocenters. The van der Waals surface area contributed by atoms with Crippen LogP contribution in [0.3, 0.4) is 0 Å². The van der Waals surface area contributed by atoms with Crippen molar-refractivity contribution in [1.82, 2.24) is 14.5 Å². The summed E-state index contributed by atoms with van der Waals surface area (Å²) in [5, 5.41) is 41.7. The summed E-state index contributed by atoms with van der Waals surface area (Å²) in [6.45, 7) is 0.0984. The van der Waals surface area contributed by atoms with Crippen LogP contribution in [-0.2, 0) is 19.1 Å². The summed E-state index contributed by atoms with van der Waals surface area (Å²) in [5.41, 5.74) is 0.845.